The first-order valence-electron chi connectivity index (χ1n) is 10.1. The number of aliphatic imine (C=N–C) groups is 1. The zero-order chi connectivity index (χ0) is 17.4. The van der Waals surface area contributed by atoms with Gasteiger partial charge in [0.25, 0.3) is 0 Å². The summed E-state index contributed by atoms with van der Waals surface area (Å²) in [4.78, 5) is 3.93. The summed E-state index contributed by atoms with van der Waals surface area (Å²) in [6, 6.07) is 0. The van der Waals surface area contributed by atoms with Crippen LogP contribution in [0.3, 0.4) is 0 Å². The van der Waals surface area contributed by atoms with Crippen LogP contribution in [0.4, 0.5) is 0 Å². The van der Waals surface area contributed by atoms with Crippen LogP contribution in [-0.2, 0) is 4.74 Å². The van der Waals surface area contributed by atoms with Gasteiger partial charge >= 0.3 is 0 Å². The number of hydrogen-bond acceptors (Lipinski definition) is 2. The van der Waals surface area contributed by atoms with Crippen molar-refractivity contribution >= 4 is 5.90 Å². The maximum atomic E-state index is 4.90. The highest BCUT2D eigenvalue weighted by Gasteiger charge is 2.24. The van der Waals surface area contributed by atoms with Crippen molar-refractivity contribution in [3.63, 3.8) is 0 Å². The molecule has 0 aromatic rings. The van der Waals surface area contributed by atoms with Crippen LogP contribution in [0.5, 0.6) is 0 Å². The van der Waals surface area contributed by atoms with E-state index in [0.29, 0.717) is 0 Å². The van der Waals surface area contributed by atoms with Gasteiger partial charge in [0.15, 0.2) is 5.90 Å². The highest BCUT2D eigenvalue weighted by atomic mass is 16.5. The monoisotopic (exact) mass is 327 g/mol. The van der Waals surface area contributed by atoms with Gasteiger partial charge in [-0.2, -0.15) is 0 Å². The Labute approximate surface area is 146 Å². The largest absolute Gasteiger partial charge is 0.479 e. The number of quaternary nitrogens is 1. The molecule has 1 heterocycles. The van der Waals surface area contributed by atoms with E-state index in [1.54, 1.807) is 0 Å². The molecule has 0 amide bonds. The molecule has 0 N–H and O–H groups in total. The van der Waals surface area contributed by atoms with Gasteiger partial charge < -0.3 is 9.22 Å². The lowest BCUT2D eigenvalue weighted by Crippen LogP contribution is -2.50. The molecule has 0 aliphatic carbocycles. The van der Waals surface area contributed by atoms with Crippen LogP contribution in [0.1, 0.15) is 86.0 Å². The Kier molecular flexibility index (Phi) is 14.6. The van der Waals surface area contributed by atoms with E-state index >= 15 is 0 Å². The maximum absolute atomic E-state index is 4.90. The van der Waals surface area contributed by atoms with Crippen LogP contribution in [0.2, 0.25) is 0 Å². The Morgan fingerprint density at radius 1 is 0.783 bits per heavy atom. The Morgan fingerprint density at radius 2 is 1.17 bits per heavy atom. The lowest BCUT2D eigenvalue weighted by molar-refractivity contribution is -0.929. The van der Waals surface area contributed by atoms with E-state index in [9.17, 15) is 0 Å². The standard InChI is InChI=1S/C16H36N.C4H7NO/c1-5-9-13-17(14-10-6-2,15-11-7-3)16-12-8-4;1-4-5-2-3-6-4/h5-16H2,1-4H3;2-3H2,1H3/q+1;. The first-order chi connectivity index (χ1) is 11.1. The molecule has 0 saturated carbocycles. The van der Waals surface area contributed by atoms with Gasteiger partial charge in [0.2, 0.25) is 0 Å². The third kappa shape index (κ3) is 11.6. The van der Waals surface area contributed by atoms with Crippen molar-refractivity contribution in [1.29, 1.82) is 0 Å². The number of unbranched alkanes of at least 4 members (excludes halogenated alkanes) is 4. The van der Waals surface area contributed by atoms with Crippen molar-refractivity contribution in [3.05, 3.63) is 0 Å². The normalized spacial score (nSPS) is 14.0. The molecular formula is C20H43N2O+. The van der Waals surface area contributed by atoms with Crippen LogP contribution < -0.4 is 0 Å². The van der Waals surface area contributed by atoms with Gasteiger partial charge in [-0.05, 0) is 25.7 Å². The van der Waals surface area contributed by atoms with Crippen LogP contribution in [-0.4, -0.2) is 49.7 Å². The highest BCUT2D eigenvalue weighted by molar-refractivity contribution is 5.74. The molecule has 1 aliphatic heterocycles. The summed E-state index contributed by atoms with van der Waals surface area (Å²) in [5, 5.41) is 0. The summed E-state index contributed by atoms with van der Waals surface area (Å²) in [6.07, 6.45) is 11.1. The average molecular weight is 328 g/mol. The van der Waals surface area contributed by atoms with E-state index in [0.717, 1.165) is 19.0 Å². The van der Waals surface area contributed by atoms with E-state index in [2.05, 4.69) is 32.7 Å². The van der Waals surface area contributed by atoms with Crippen molar-refractivity contribution in [2.45, 2.75) is 86.0 Å². The molecule has 0 fully saturated rings. The van der Waals surface area contributed by atoms with Crippen LogP contribution in [0.15, 0.2) is 4.99 Å². The second-order valence-electron chi connectivity index (χ2n) is 6.90. The Morgan fingerprint density at radius 3 is 1.35 bits per heavy atom. The predicted octanol–water partition coefficient (Wildman–Crippen LogP) is 5.44. The molecule has 1 aliphatic rings. The van der Waals surface area contributed by atoms with Gasteiger partial charge in [-0.1, -0.05) is 53.4 Å². The van der Waals surface area contributed by atoms with E-state index < -0.39 is 0 Å². The Hall–Kier alpha value is -0.570. The smallest absolute Gasteiger partial charge is 0.180 e. The molecule has 0 spiro atoms. The first-order valence-corrected chi connectivity index (χ1v) is 10.1. The summed E-state index contributed by atoms with van der Waals surface area (Å²) >= 11 is 0. The van der Waals surface area contributed by atoms with E-state index in [4.69, 9.17) is 4.74 Å². The fourth-order valence-electron chi connectivity index (χ4n) is 3.09. The molecule has 138 valence electrons. The van der Waals surface area contributed by atoms with Gasteiger partial charge in [-0.25, -0.2) is 0 Å². The molecule has 0 radical (unpaired) electrons. The zero-order valence-corrected chi connectivity index (χ0v) is 16.7. The maximum Gasteiger partial charge on any atom is 0.180 e. The van der Waals surface area contributed by atoms with Gasteiger partial charge in [0.05, 0.1) is 32.7 Å². The minimum atomic E-state index is 0.784. The quantitative estimate of drug-likeness (QED) is 0.437. The fraction of sp³-hybridized carbons (Fsp3) is 0.950. The molecule has 0 bridgehead atoms. The number of ether oxygens (including phenoxy) is 1. The summed E-state index contributed by atoms with van der Waals surface area (Å²) in [5.41, 5.74) is 0. The molecule has 23 heavy (non-hydrogen) atoms. The number of rotatable bonds is 12. The highest BCUT2D eigenvalue weighted by Crippen LogP contribution is 2.16. The van der Waals surface area contributed by atoms with E-state index in [1.165, 1.54) is 82.0 Å². The van der Waals surface area contributed by atoms with Crippen molar-refractivity contribution in [2.24, 2.45) is 4.99 Å². The molecule has 0 saturated heterocycles. The lowest BCUT2D eigenvalue weighted by Gasteiger charge is -2.39. The third-order valence-corrected chi connectivity index (χ3v) is 4.68. The molecule has 0 aromatic heterocycles. The zero-order valence-electron chi connectivity index (χ0n) is 16.7. The van der Waals surface area contributed by atoms with Crippen LogP contribution in [0.25, 0.3) is 0 Å². The Bertz CT molecular complexity index is 252. The van der Waals surface area contributed by atoms with E-state index in [-0.39, 0.29) is 0 Å². The first kappa shape index (κ1) is 22.4. The lowest BCUT2D eigenvalue weighted by atomic mass is 10.1. The summed E-state index contributed by atoms with van der Waals surface area (Å²) in [5.74, 6) is 0.829. The predicted molar refractivity (Wildman–Crippen MR) is 103 cm³/mol. The Balaban J connectivity index is 0.000000664. The molecule has 0 atom stereocenters. The summed E-state index contributed by atoms with van der Waals surface area (Å²) in [7, 11) is 0. The minimum Gasteiger partial charge on any atom is -0.479 e. The van der Waals surface area contributed by atoms with Crippen molar-refractivity contribution in [3.8, 4) is 0 Å². The van der Waals surface area contributed by atoms with Crippen molar-refractivity contribution in [1.82, 2.24) is 0 Å². The van der Waals surface area contributed by atoms with Crippen molar-refractivity contribution in [2.75, 3.05) is 39.3 Å². The van der Waals surface area contributed by atoms with Gasteiger partial charge in [0.1, 0.15) is 6.61 Å². The van der Waals surface area contributed by atoms with Gasteiger partial charge in [-0.3, -0.25) is 4.99 Å². The SMILES string of the molecule is CC1=NCCO1.CCCC[N+](CCCC)(CCCC)CCCC. The average Bonchev–Trinajstić information content (AvgIpc) is 3.05. The molecule has 3 nitrogen and oxygen atoms in total. The number of nitrogens with zero attached hydrogens (tertiary/aromatic N) is 2. The van der Waals surface area contributed by atoms with Crippen LogP contribution in [0, 0.1) is 0 Å². The molecular weight excluding hydrogens is 284 g/mol. The molecule has 3 heteroatoms. The summed E-state index contributed by atoms with van der Waals surface area (Å²) < 4.78 is 6.32. The number of hydrogen-bond donors (Lipinski definition) is 0. The van der Waals surface area contributed by atoms with E-state index in [1.807, 2.05) is 6.92 Å². The van der Waals surface area contributed by atoms with Crippen molar-refractivity contribution < 1.29 is 9.22 Å². The fourth-order valence-corrected chi connectivity index (χ4v) is 3.09. The van der Waals surface area contributed by atoms with Gasteiger partial charge in [0, 0.05) is 6.92 Å². The van der Waals surface area contributed by atoms with Crippen LogP contribution >= 0.6 is 0 Å². The minimum absolute atomic E-state index is 0.784. The molecule has 0 aromatic carbocycles. The topological polar surface area (TPSA) is 21.6 Å². The molecule has 1 rings (SSSR count). The second kappa shape index (κ2) is 15.0. The van der Waals surface area contributed by atoms with Gasteiger partial charge in [-0.15, -0.1) is 0 Å². The molecule has 0 unspecified atom stereocenters. The summed E-state index contributed by atoms with van der Waals surface area (Å²) in [6.45, 7) is 18.5. The second-order valence-corrected chi connectivity index (χ2v) is 6.90. The third-order valence-electron chi connectivity index (χ3n) is 4.68.